The number of anilines is 3. The molecule has 1 saturated heterocycles. The van der Waals surface area contributed by atoms with Crippen LogP contribution in [0.2, 0.25) is 18.1 Å². The summed E-state index contributed by atoms with van der Waals surface area (Å²) in [6.45, 7) is 20.6. The number of ether oxygens (including phenoxy) is 2. The molecule has 3 amide bonds. The highest BCUT2D eigenvalue weighted by Gasteiger charge is 2.45. The molecule has 2 aromatic heterocycles. The summed E-state index contributed by atoms with van der Waals surface area (Å²) in [6.07, 6.45) is 3.85. The summed E-state index contributed by atoms with van der Waals surface area (Å²) < 4.78 is 18.1. The molecule has 3 unspecified atom stereocenters. The third kappa shape index (κ3) is 9.27. The smallest absolute Gasteiger partial charge is 0.409 e. The molecule has 3 atom stereocenters. The van der Waals surface area contributed by atoms with Crippen molar-refractivity contribution in [3.63, 3.8) is 0 Å². The van der Waals surface area contributed by atoms with Crippen molar-refractivity contribution in [1.29, 1.82) is 0 Å². The van der Waals surface area contributed by atoms with Gasteiger partial charge >= 0.3 is 12.2 Å². The normalized spacial score (nSPS) is 19.8. The molecule has 3 aromatic rings. The molecule has 13 nitrogen and oxygen atoms in total. The van der Waals surface area contributed by atoms with Crippen LogP contribution in [0.5, 0.6) is 0 Å². The Morgan fingerprint density at radius 2 is 1.77 bits per heavy atom. The number of benzene rings is 1. The van der Waals surface area contributed by atoms with E-state index in [1.54, 1.807) is 24.5 Å². The van der Waals surface area contributed by atoms with Crippen LogP contribution >= 0.6 is 0 Å². The molecule has 1 fully saturated rings. The Balaban J connectivity index is 1.46. The Bertz CT molecular complexity index is 1850. The molecule has 1 aromatic carbocycles. The van der Waals surface area contributed by atoms with Crippen molar-refractivity contribution in [1.82, 2.24) is 15.3 Å². The van der Waals surface area contributed by atoms with Crippen LogP contribution in [0.4, 0.5) is 26.7 Å². The number of aromatic nitrogens is 2. The average Bonchev–Trinajstić information content (AvgIpc) is 3.04. The highest BCUT2D eigenvalue weighted by Crippen LogP contribution is 2.40. The van der Waals surface area contributed by atoms with Gasteiger partial charge in [-0.15, -0.1) is 0 Å². The first-order chi connectivity index (χ1) is 24.3. The van der Waals surface area contributed by atoms with E-state index in [4.69, 9.17) is 13.9 Å². The van der Waals surface area contributed by atoms with Gasteiger partial charge in [0.25, 0.3) is 5.91 Å². The molecule has 2 aliphatic rings. The zero-order valence-electron chi connectivity index (χ0n) is 31.6. The van der Waals surface area contributed by atoms with Crippen molar-refractivity contribution in [2.24, 2.45) is 5.92 Å². The van der Waals surface area contributed by atoms with Crippen molar-refractivity contribution in [2.45, 2.75) is 90.8 Å². The van der Waals surface area contributed by atoms with Gasteiger partial charge in [-0.25, -0.2) is 14.6 Å². The van der Waals surface area contributed by atoms with Crippen LogP contribution in [-0.2, 0) is 13.9 Å². The number of alkyl carbamates (subject to hydrolysis) is 1. The number of nitrogens with one attached hydrogen (secondary N) is 3. The number of nitrogens with zero attached hydrogens (tertiary/aromatic N) is 3. The van der Waals surface area contributed by atoms with Gasteiger partial charge in [-0.2, -0.15) is 0 Å². The number of carboxylic acid groups (broad SMARTS) is 1. The topological polar surface area (TPSA) is 164 Å². The van der Waals surface area contributed by atoms with Gasteiger partial charge in [-0.05, 0) is 74.7 Å². The minimum atomic E-state index is -2.24. The first-order valence-electron chi connectivity index (χ1n) is 17.7. The second-order valence-electron chi connectivity index (χ2n) is 16.1. The lowest BCUT2D eigenvalue weighted by Gasteiger charge is -2.48. The Labute approximate surface area is 306 Å². The van der Waals surface area contributed by atoms with Gasteiger partial charge in [0.2, 0.25) is 0 Å². The molecular formula is C38H52N6O7Si. The fraction of sp³-hybridized carbons (Fsp3) is 0.500. The van der Waals surface area contributed by atoms with Gasteiger partial charge in [-0.3, -0.25) is 15.1 Å². The largest absolute Gasteiger partial charge is 0.465 e. The third-order valence-electron chi connectivity index (χ3n) is 9.82. The lowest BCUT2D eigenvalue weighted by atomic mass is 9.92. The molecule has 0 bridgehead atoms. The van der Waals surface area contributed by atoms with Crippen LogP contribution in [0.15, 0.2) is 48.8 Å². The van der Waals surface area contributed by atoms with E-state index in [0.717, 1.165) is 17.6 Å². The molecule has 52 heavy (non-hydrogen) atoms. The molecule has 14 heteroatoms. The SMILES string of the molecule is CC1CN(c2ccncc2NC(=O)c2nc3cc(C4=CCOCC4)ccc3cc2NC(=O)O)CC(NC(=O)OC(C)(C)C)C1O[Si](C)(C)C(C)(C)C. The van der Waals surface area contributed by atoms with E-state index in [1.165, 1.54) is 0 Å². The first kappa shape index (κ1) is 38.7. The summed E-state index contributed by atoms with van der Waals surface area (Å²) in [7, 11) is -2.24. The standard InChI is InChI=1S/C38H52N6O7Si/c1-23-21-44(22-30(43-36(48)50-37(2,3)4)33(23)51-52(8,9)38(5,6)7)31-12-15-39-20-29(31)41-34(45)32-28(42-35(46)47)19-26-11-10-25(18-27(26)40-32)24-13-16-49-17-14-24/h10-13,15,18-20,23,30,33,42H,14,16-17,21-22H2,1-9H3,(H,41,45)(H,43,48)(H,46,47). The lowest BCUT2D eigenvalue weighted by molar-refractivity contribution is 0.0336. The first-order valence-corrected chi connectivity index (χ1v) is 20.6. The number of piperidine rings is 1. The Morgan fingerprint density at radius 1 is 1.02 bits per heavy atom. The van der Waals surface area contributed by atoms with E-state index >= 15 is 0 Å². The number of rotatable bonds is 8. The molecule has 5 rings (SSSR count). The van der Waals surface area contributed by atoms with Crippen molar-refractivity contribution < 1.29 is 33.4 Å². The van der Waals surface area contributed by atoms with Crippen LogP contribution in [0, 0.1) is 5.92 Å². The maximum atomic E-state index is 14.0. The zero-order chi connectivity index (χ0) is 38.0. The number of carbonyl (C=O) groups is 3. The van der Waals surface area contributed by atoms with E-state index < -0.39 is 38.1 Å². The van der Waals surface area contributed by atoms with Crippen LogP contribution in [0.1, 0.15) is 70.9 Å². The molecule has 0 spiro atoms. The fourth-order valence-corrected chi connectivity index (χ4v) is 7.67. The Hall–Kier alpha value is -4.53. The summed E-state index contributed by atoms with van der Waals surface area (Å²) in [6, 6.07) is 8.71. The predicted molar refractivity (Wildman–Crippen MR) is 206 cm³/mol. The maximum absolute atomic E-state index is 14.0. The van der Waals surface area contributed by atoms with Gasteiger partial charge in [-0.1, -0.05) is 45.9 Å². The predicted octanol–water partition coefficient (Wildman–Crippen LogP) is 7.52. The van der Waals surface area contributed by atoms with E-state index in [0.29, 0.717) is 48.6 Å². The van der Waals surface area contributed by atoms with E-state index in [2.05, 4.69) is 71.6 Å². The van der Waals surface area contributed by atoms with Gasteiger partial charge in [0.15, 0.2) is 14.0 Å². The lowest BCUT2D eigenvalue weighted by Crippen LogP contribution is -2.63. The number of hydrogen-bond donors (Lipinski definition) is 4. The van der Waals surface area contributed by atoms with E-state index in [1.807, 2.05) is 45.0 Å². The van der Waals surface area contributed by atoms with E-state index in [9.17, 15) is 19.5 Å². The van der Waals surface area contributed by atoms with Gasteiger partial charge in [0.05, 0.1) is 54.1 Å². The molecular weight excluding hydrogens is 681 g/mol. The Kier molecular flexibility index (Phi) is 11.3. The van der Waals surface area contributed by atoms with E-state index in [-0.39, 0.29) is 28.4 Å². The monoisotopic (exact) mass is 732 g/mol. The molecule has 0 radical (unpaired) electrons. The fourth-order valence-electron chi connectivity index (χ4n) is 6.24. The van der Waals surface area contributed by atoms with Crippen LogP contribution in [0.25, 0.3) is 16.5 Å². The number of hydrogen-bond acceptors (Lipinski definition) is 9. The van der Waals surface area contributed by atoms with Crippen LogP contribution < -0.4 is 20.9 Å². The summed E-state index contributed by atoms with van der Waals surface area (Å²) in [4.78, 5) is 50.0. The third-order valence-corrected chi connectivity index (χ3v) is 14.3. The quantitative estimate of drug-likeness (QED) is 0.170. The second kappa shape index (κ2) is 15.2. The summed E-state index contributed by atoms with van der Waals surface area (Å²) in [5.41, 5.74) is 3.02. The molecule has 2 aliphatic heterocycles. The number of amides is 3. The molecule has 0 aliphatic carbocycles. The van der Waals surface area contributed by atoms with Crippen LogP contribution in [0.3, 0.4) is 0 Å². The molecule has 280 valence electrons. The maximum Gasteiger partial charge on any atom is 0.409 e. The van der Waals surface area contributed by atoms with Crippen molar-refractivity contribution >= 4 is 59.9 Å². The number of carbonyl (C=O) groups excluding carboxylic acids is 2. The van der Waals surface area contributed by atoms with Crippen molar-refractivity contribution in [3.8, 4) is 0 Å². The molecule has 4 N–H and O–H groups in total. The second-order valence-corrected chi connectivity index (χ2v) is 20.9. The Morgan fingerprint density at radius 3 is 2.42 bits per heavy atom. The number of pyridine rings is 2. The van der Waals surface area contributed by atoms with Gasteiger partial charge < -0.3 is 34.5 Å². The van der Waals surface area contributed by atoms with Crippen molar-refractivity contribution in [2.75, 3.05) is 41.8 Å². The summed E-state index contributed by atoms with van der Waals surface area (Å²) in [5, 5.41) is 18.6. The zero-order valence-corrected chi connectivity index (χ0v) is 32.6. The highest BCUT2D eigenvalue weighted by molar-refractivity contribution is 6.74. The minimum absolute atomic E-state index is 0.0203. The van der Waals surface area contributed by atoms with Gasteiger partial charge in [0, 0.05) is 30.6 Å². The highest BCUT2D eigenvalue weighted by atomic mass is 28.4. The molecule has 4 heterocycles. The summed E-state index contributed by atoms with van der Waals surface area (Å²) >= 11 is 0. The molecule has 0 saturated carbocycles. The minimum Gasteiger partial charge on any atom is -0.465 e. The average molecular weight is 733 g/mol. The van der Waals surface area contributed by atoms with Gasteiger partial charge in [0.1, 0.15) is 5.60 Å². The van der Waals surface area contributed by atoms with Crippen LogP contribution in [-0.4, -0.2) is 85.5 Å². The summed E-state index contributed by atoms with van der Waals surface area (Å²) in [5.74, 6) is -0.628. The van der Waals surface area contributed by atoms with Crippen molar-refractivity contribution in [3.05, 3.63) is 60.1 Å². The number of fused-ring (bicyclic) bond motifs is 1.